The van der Waals surface area contributed by atoms with Crippen LogP contribution >= 0.6 is 0 Å². The van der Waals surface area contributed by atoms with Crippen molar-refractivity contribution >= 4 is 0 Å². The molecule has 15 heavy (non-hydrogen) atoms. The summed E-state index contributed by atoms with van der Waals surface area (Å²) in [5.74, 6) is 0.676. The van der Waals surface area contributed by atoms with Gasteiger partial charge < -0.3 is 15.2 Å². The van der Waals surface area contributed by atoms with Gasteiger partial charge in [-0.3, -0.25) is 0 Å². The fourth-order valence-corrected chi connectivity index (χ4v) is 2.26. The fraction of sp³-hybridized carbons (Fsp3) is 1.00. The van der Waals surface area contributed by atoms with E-state index in [2.05, 4.69) is 13.8 Å². The second-order valence-corrected chi connectivity index (χ2v) is 4.74. The highest BCUT2D eigenvalue weighted by Gasteiger charge is 2.38. The van der Waals surface area contributed by atoms with Crippen LogP contribution in [0.1, 0.15) is 39.5 Å². The molecule has 2 N–H and O–H groups in total. The third-order valence-electron chi connectivity index (χ3n) is 3.77. The van der Waals surface area contributed by atoms with Crippen molar-refractivity contribution in [1.29, 1.82) is 0 Å². The van der Waals surface area contributed by atoms with Gasteiger partial charge in [0.1, 0.15) is 0 Å². The minimum Gasteiger partial charge on any atom is -0.381 e. The van der Waals surface area contributed by atoms with E-state index in [0.29, 0.717) is 5.92 Å². The topological polar surface area (TPSA) is 44.5 Å². The zero-order valence-corrected chi connectivity index (χ0v) is 10.3. The maximum absolute atomic E-state index is 6.29. The summed E-state index contributed by atoms with van der Waals surface area (Å²) in [6, 6.07) is 0.140. The normalized spacial score (nSPS) is 24.8. The molecule has 90 valence electrons. The Bertz CT molecular complexity index is 178. The molecule has 1 fully saturated rings. The van der Waals surface area contributed by atoms with Crippen molar-refractivity contribution in [1.82, 2.24) is 0 Å². The van der Waals surface area contributed by atoms with Gasteiger partial charge in [0.25, 0.3) is 0 Å². The number of hydrogen-bond acceptors (Lipinski definition) is 3. The van der Waals surface area contributed by atoms with Gasteiger partial charge in [-0.1, -0.05) is 20.3 Å². The van der Waals surface area contributed by atoms with Gasteiger partial charge in [0.15, 0.2) is 0 Å². The van der Waals surface area contributed by atoms with Crippen LogP contribution in [-0.4, -0.2) is 32.0 Å². The third-order valence-corrected chi connectivity index (χ3v) is 3.77. The largest absolute Gasteiger partial charge is 0.381 e. The van der Waals surface area contributed by atoms with Crippen LogP contribution in [0.4, 0.5) is 0 Å². The molecular formula is C12H25NO2. The second kappa shape index (κ2) is 5.83. The molecular weight excluding hydrogens is 190 g/mol. The molecule has 2 atom stereocenters. The predicted molar refractivity (Wildman–Crippen MR) is 61.8 cm³/mol. The zero-order valence-electron chi connectivity index (χ0n) is 10.3. The number of hydrogen-bond donors (Lipinski definition) is 1. The number of rotatable bonds is 5. The quantitative estimate of drug-likeness (QED) is 0.762. The monoisotopic (exact) mass is 215 g/mol. The van der Waals surface area contributed by atoms with Gasteiger partial charge in [-0.2, -0.15) is 0 Å². The van der Waals surface area contributed by atoms with E-state index in [-0.39, 0.29) is 11.6 Å². The maximum atomic E-state index is 6.29. The van der Waals surface area contributed by atoms with E-state index >= 15 is 0 Å². The van der Waals surface area contributed by atoms with Crippen molar-refractivity contribution in [2.45, 2.75) is 51.2 Å². The summed E-state index contributed by atoms with van der Waals surface area (Å²) in [6.07, 6.45) is 4.09. The summed E-state index contributed by atoms with van der Waals surface area (Å²) in [7, 11) is 1.78. The third kappa shape index (κ3) is 3.16. The minimum atomic E-state index is -0.137. The Morgan fingerprint density at radius 2 is 2.00 bits per heavy atom. The zero-order chi connectivity index (χ0) is 11.3. The molecule has 0 saturated carbocycles. The molecule has 0 aliphatic carbocycles. The van der Waals surface area contributed by atoms with Crippen LogP contribution in [0, 0.1) is 5.92 Å². The summed E-state index contributed by atoms with van der Waals surface area (Å²) in [5.41, 5.74) is 6.15. The van der Waals surface area contributed by atoms with Gasteiger partial charge in [0.05, 0.1) is 5.60 Å². The van der Waals surface area contributed by atoms with Gasteiger partial charge in [-0.15, -0.1) is 0 Å². The average molecular weight is 215 g/mol. The Balaban J connectivity index is 2.55. The Kier molecular flexibility index (Phi) is 5.03. The first kappa shape index (κ1) is 12.9. The minimum absolute atomic E-state index is 0.137. The lowest BCUT2D eigenvalue weighted by atomic mass is 9.81. The molecule has 3 heteroatoms. The fourth-order valence-electron chi connectivity index (χ4n) is 2.26. The van der Waals surface area contributed by atoms with Crippen LogP contribution < -0.4 is 5.73 Å². The Morgan fingerprint density at radius 3 is 2.47 bits per heavy atom. The van der Waals surface area contributed by atoms with Crippen LogP contribution in [-0.2, 0) is 9.47 Å². The first-order valence-electron chi connectivity index (χ1n) is 6.03. The van der Waals surface area contributed by atoms with Crippen molar-refractivity contribution in [3.63, 3.8) is 0 Å². The Hall–Kier alpha value is -0.120. The number of nitrogens with two attached hydrogens (primary N) is 1. The van der Waals surface area contributed by atoms with Crippen molar-refractivity contribution in [2.75, 3.05) is 20.3 Å². The first-order valence-corrected chi connectivity index (χ1v) is 6.03. The van der Waals surface area contributed by atoms with Crippen LogP contribution in [0.15, 0.2) is 0 Å². The van der Waals surface area contributed by atoms with Crippen LogP contribution in [0.5, 0.6) is 0 Å². The lowest BCUT2D eigenvalue weighted by molar-refractivity contribution is -0.106. The average Bonchev–Trinajstić information content (AvgIpc) is 2.29. The van der Waals surface area contributed by atoms with Crippen LogP contribution in [0.3, 0.4) is 0 Å². The molecule has 1 saturated heterocycles. The molecule has 0 radical (unpaired) electrons. The van der Waals surface area contributed by atoms with E-state index in [1.165, 1.54) is 6.42 Å². The molecule has 0 amide bonds. The summed E-state index contributed by atoms with van der Waals surface area (Å²) in [6.45, 7) is 6.02. The van der Waals surface area contributed by atoms with E-state index in [1.807, 2.05) is 0 Å². The molecule has 1 rings (SSSR count). The van der Waals surface area contributed by atoms with Gasteiger partial charge in [0, 0.05) is 39.2 Å². The lowest BCUT2D eigenvalue weighted by Crippen LogP contribution is -2.53. The molecule has 1 heterocycles. The highest BCUT2D eigenvalue weighted by atomic mass is 16.5. The van der Waals surface area contributed by atoms with Crippen molar-refractivity contribution < 1.29 is 9.47 Å². The SMILES string of the molecule is CCC(C)CC(N)C1(OC)CCOCC1. The molecule has 0 aromatic heterocycles. The number of methoxy groups -OCH3 is 1. The van der Waals surface area contributed by atoms with Crippen molar-refractivity contribution in [3.05, 3.63) is 0 Å². The van der Waals surface area contributed by atoms with Crippen LogP contribution in [0.2, 0.25) is 0 Å². The summed E-state index contributed by atoms with van der Waals surface area (Å²) >= 11 is 0. The second-order valence-electron chi connectivity index (χ2n) is 4.74. The van der Waals surface area contributed by atoms with Crippen molar-refractivity contribution in [2.24, 2.45) is 11.7 Å². The van der Waals surface area contributed by atoms with Gasteiger partial charge >= 0.3 is 0 Å². The molecule has 0 aromatic carbocycles. The van der Waals surface area contributed by atoms with E-state index in [4.69, 9.17) is 15.2 Å². The number of ether oxygens (including phenoxy) is 2. The smallest absolute Gasteiger partial charge is 0.0872 e. The van der Waals surface area contributed by atoms with E-state index in [1.54, 1.807) is 7.11 Å². The summed E-state index contributed by atoms with van der Waals surface area (Å²) in [4.78, 5) is 0. The Morgan fingerprint density at radius 1 is 1.40 bits per heavy atom. The summed E-state index contributed by atoms with van der Waals surface area (Å²) < 4.78 is 11.1. The van der Waals surface area contributed by atoms with E-state index in [0.717, 1.165) is 32.5 Å². The molecule has 0 aromatic rings. The predicted octanol–water partition coefficient (Wildman–Crippen LogP) is 1.95. The highest BCUT2D eigenvalue weighted by molar-refractivity contribution is 4.93. The van der Waals surface area contributed by atoms with Gasteiger partial charge in [-0.25, -0.2) is 0 Å². The van der Waals surface area contributed by atoms with Crippen molar-refractivity contribution in [3.8, 4) is 0 Å². The standard InChI is InChI=1S/C12H25NO2/c1-4-10(2)9-11(13)12(14-3)5-7-15-8-6-12/h10-11H,4-9,13H2,1-3H3. The molecule has 1 aliphatic rings. The van der Waals surface area contributed by atoms with Gasteiger partial charge in [-0.05, 0) is 12.3 Å². The maximum Gasteiger partial charge on any atom is 0.0872 e. The molecule has 3 nitrogen and oxygen atoms in total. The molecule has 2 unspecified atom stereocenters. The first-order chi connectivity index (χ1) is 7.14. The van der Waals surface area contributed by atoms with E-state index in [9.17, 15) is 0 Å². The Labute approximate surface area is 93.3 Å². The molecule has 0 spiro atoms. The van der Waals surface area contributed by atoms with Crippen LogP contribution in [0.25, 0.3) is 0 Å². The molecule has 1 aliphatic heterocycles. The highest BCUT2D eigenvalue weighted by Crippen LogP contribution is 2.30. The molecule has 0 bridgehead atoms. The van der Waals surface area contributed by atoms with E-state index < -0.39 is 0 Å². The summed E-state index contributed by atoms with van der Waals surface area (Å²) in [5, 5.41) is 0. The lowest BCUT2D eigenvalue weighted by Gasteiger charge is -2.41. The van der Waals surface area contributed by atoms with Gasteiger partial charge in [0.2, 0.25) is 0 Å².